The van der Waals surface area contributed by atoms with E-state index < -0.39 is 15.9 Å². The number of para-hydroxylation sites is 1. The third kappa shape index (κ3) is 3.59. The predicted octanol–water partition coefficient (Wildman–Crippen LogP) is 2.10. The third-order valence-corrected chi connectivity index (χ3v) is 4.89. The lowest BCUT2D eigenvalue weighted by atomic mass is 10.1. The van der Waals surface area contributed by atoms with Crippen LogP contribution in [0.1, 0.15) is 16.1 Å². The number of sulfonamides is 1. The first-order chi connectivity index (χ1) is 9.79. The molecular weight excluding hydrogens is 310 g/mol. The molecule has 6 nitrogen and oxygen atoms in total. The van der Waals surface area contributed by atoms with Crippen molar-refractivity contribution in [3.05, 3.63) is 40.9 Å². The van der Waals surface area contributed by atoms with Crippen molar-refractivity contribution in [1.82, 2.24) is 4.98 Å². The number of nitrogens with one attached hydrogen (secondary N) is 1. The predicted molar refractivity (Wildman–Crippen MR) is 84.5 cm³/mol. The monoisotopic (exact) mass is 325 g/mol. The van der Waals surface area contributed by atoms with Gasteiger partial charge in [0.1, 0.15) is 0 Å². The fraction of sp³-hybridized carbons (Fsp3) is 0.231. The van der Waals surface area contributed by atoms with E-state index in [-0.39, 0.29) is 5.56 Å². The summed E-state index contributed by atoms with van der Waals surface area (Å²) >= 11 is 1.32. The third-order valence-electron chi connectivity index (χ3n) is 2.82. The molecule has 0 unspecified atom stereocenters. The lowest BCUT2D eigenvalue weighted by Crippen LogP contribution is -2.27. The van der Waals surface area contributed by atoms with E-state index >= 15 is 0 Å². The van der Waals surface area contributed by atoms with Crippen LogP contribution in [0.15, 0.2) is 29.6 Å². The van der Waals surface area contributed by atoms with Gasteiger partial charge in [0.15, 0.2) is 5.13 Å². The van der Waals surface area contributed by atoms with Gasteiger partial charge in [-0.1, -0.05) is 12.1 Å². The van der Waals surface area contributed by atoms with E-state index in [1.807, 2.05) is 12.3 Å². The van der Waals surface area contributed by atoms with Crippen molar-refractivity contribution in [3.63, 3.8) is 0 Å². The summed E-state index contributed by atoms with van der Waals surface area (Å²) in [6.45, 7) is 1.83. The Labute approximate surface area is 127 Å². The van der Waals surface area contributed by atoms with Crippen molar-refractivity contribution < 1.29 is 13.2 Å². The van der Waals surface area contributed by atoms with Gasteiger partial charge in [0.25, 0.3) is 5.91 Å². The largest absolute Gasteiger partial charge is 0.298 e. The second-order valence-corrected chi connectivity index (χ2v) is 7.37. The maximum absolute atomic E-state index is 12.3. The maximum atomic E-state index is 12.3. The number of nitrogens with zero attached hydrogens (tertiary/aromatic N) is 2. The number of anilines is 2. The Balaban J connectivity index is 2.33. The van der Waals surface area contributed by atoms with E-state index in [9.17, 15) is 13.2 Å². The van der Waals surface area contributed by atoms with E-state index in [1.54, 1.807) is 24.3 Å². The number of aromatic nitrogens is 1. The highest BCUT2D eigenvalue weighted by Crippen LogP contribution is 2.23. The molecule has 0 fully saturated rings. The van der Waals surface area contributed by atoms with Crippen molar-refractivity contribution in [2.75, 3.05) is 22.9 Å². The van der Waals surface area contributed by atoms with Gasteiger partial charge >= 0.3 is 0 Å². The molecule has 0 aliphatic rings. The van der Waals surface area contributed by atoms with Crippen molar-refractivity contribution in [3.8, 4) is 0 Å². The molecule has 21 heavy (non-hydrogen) atoms. The van der Waals surface area contributed by atoms with Crippen LogP contribution >= 0.6 is 11.3 Å². The Bertz CT molecular complexity index is 768. The van der Waals surface area contributed by atoms with Gasteiger partial charge in [-0.25, -0.2) is 13.4 Å². The molecule has 1 aromatic heterocycles. The Morgan fingerprint density at radius 3 is 2.57 bits per heavy atom. The number of hydrogen-bond donors (Lipinski definition) is 1. The number of hydrogen-bond acceptors (Lipinski definition) is 5. The van der Waals surface area contributed by atoms with E-state index in [0.29, 0.717) is 10.8 Å². The van der Waals surface area contributed by atoms with Gasteiger partial charge in [-0.05, 0) is 19.1 Å². The summed E-state index contributed by atoms with van der Waals surface area (Å²) in [5, 5.41) is 4.98. The van der Waals surface area contributed by atoms with Crippen LogP contribution in [0.3, 0.4) is 0 Å². The summed E-state index contributed by atoms with van der Waals surface area (Å²) in [5.74, 6) is -0.393. The van der Waals surface area contributed by atoms with Crippen LogP contribution in [0, 0.1) is 6.92 Å². The topological polar surface area (TPSA) is 79.4 Å². The SMILES string of the molecule is Cc1csc(NC(=O)c2ccccc2N(C)S(C)(=O)=O)n1. The molecule has 0 aliphatic carbocycles. The molecule has 2 aromatic rings. The summed E-state index contributed by atoms with van der Waals surface area (Å²) in [6.07, 6.45) is 1.09. The number of benzene rings is 1. The average molecular weight is 325 g/mol. The molecule has 2 rings (SSSR count). The number of thiazole rings is 1. The molecule has 1 N–H and O–H groups in total. The van der Waals surface area contributed by atoms with E-state index in [0.717, 1.165) is 16.3 Å². The maximum Gasteiger partial charge on any atom is 0.259 e. The summed E-state index contributed by atoms with van der Waals surface area (Å²) in [6, 6.07) is 6.53. The standard InChI is InChI=1S/C13H15N3O3S2/c1-9-8-20-13(14-9)15-12(17)10-6-4-5-7-11(10)16(2)21(3,18)19/h4-8H,1-3H3,(H,14,15,17). The summed E-state index contributed by atoms with van der Waals surface area (Å²) < 4.78 is 24.4. The highest BCUT2D eigenvalue weighted by molar-refractivity contribution is 7.92. The molecule has 0 spiro atoms. The highest BCUT2D eigenvalue weighted by Gasteiger charge is 2.19. The average Bonchev–Trinajstić information content (AvgIpc) is 2.82. The van der Waals surface area contributed by atoms with Crippen molar-refractivity contribution in [1.29, 1.82) is 0 Å². The number of carbonyl (C=O) groups is 1. The molecule has 1 heterocycles. The first-order valence-corrected chi connectivity index (χ1v) is 8.78. The van der Waals surface area contributed by atoms with Gasteiger partial charge < -0.3 is 0 Å². The van der Waals surface area contributed by atoms with Crippen LogP contribution in [0.25, 0.3) is 0 Å². The van der Waals surface area contributed by atoms with Gasteiger partial charge in [0, 0.05) is 12.4 Å². The van der Waals surface area contributed by atoms with Crippen LogP contribution in [0.4, 0.5) is 10.8 Å². The molecular formula is C13H15N3O3S2. The van der Waals surface area contributed by atoms with Crippen molar-refractivity contribution in [2.45, 2.75) is 6.92 Å². The first-order valence-electron chi connectivity index (χ1n) is 6.05. The first kappa shape index (κ1) is 15.5. The van der Waals surface area contributed by atoms with Crippen molar-refractivity contribution >= 4 is 38.1 Å². The molecule has 0 aliphatic heterocycles. The van der Waals surface area contributed by atoms with E-state index in [2.05, 4.69) is 10.3 Å². The molecule has 1 aromatic carbocycles. The summed E-state index contributed by atoms with van der Waals surface area (Å²) in [4.78, 5) is 16.5. The van der Waals surface area contributed by atoms with Gasteiger partial charge in [0.05, 0.1) is 23.2 Å². The van der Waals surface area contributed by atoms with Crippen LogP contribution in [0.5, 0.6) is 0 Å². The molecule has 0 bridgehead atoms. The van der Waals surface area contributed by atoms with E-state index in [1.165, 1.54) is 18.4 Å². The van der Waals surface area contributed by atoms with Gasteiger partial charge in [-0.15, -0.1) is 11.3 Å². The van der Waals surface area contributed by atoms with Gasteiger partial charge in [0.2, 0.25) is 10.0 Å². The zero-order valence-electron chi connectivity index (χ0n) is 11.8. The molecule has 1 amide bonds. The number of amides is 1. The smallest absolute Gasteiger partial charge is 0.259 e. The minimum atomic E-state index is -3.44. The minimum absolute atomic E-state index is 0.276. The van der Waals surface area contributed by atoms with Crippen LogP contribution in [0.2, 0.25) is 0 Å². The zero-order chi connectivity index (χ0) is 15.6. The molecule has 0 saturated carbocycles. The molecule has 0 atom stereocenters. The molecule has 8 heteroatoms. The Morgan fingerprint density at radius 1 is 1.33 bits per heavy atom. The van der Waals surface area contributed by atoms with Crippen LogP contribution < -0.4 is 9.62 Å². The fourth-order valence-electron chi connectivity index (χ4n) is 1.69. The molecule has 112 valence electrons. The number of carbonyl (C=O) groups excluding carboxylic acids is 1. The minimum Gasteiger partial charge on any atom is -0.298 e. The van der Waals surface area contributed by atoms with Crippen molar-refractivity contribution in [2.24, 2.45) is 0 Å². The highest BCUT2D eigenvalue weighted by atomic mass is 32.2. The van der Waals surface area contributed by atoms with Gasteiger partial charge in [-0.2, -0.15) is 0 Å². The fourth-order valence-corrected chi connectivity index (χ4v) is 2.89. The summed E-state index contributed by atoms with van der Waals surface area (Å²) in [7, 11) is -2.03. The second kappa shape index (κ2) is 5.82. The Hall–Kier alpha value is -1.93. The lowest BCUT2D eigenvalue weighted by Gasteiger charge is -2.19. The molecule has 0 saturated heterocycles. The zero-order valence-corrected chi connectivity index (χ0v) is 13.5. The van der Waals surface area contributed by atoms with Crippen LogP contribution in [-0.4, -0.2) is 32.6 Å². The Morgan fingerprint density at radius 2 is 2.00 bits per heavy atom. The lowest BCUT2D eigenvalue weighted by molar-refractivity contribution is 0.102. The van der Waals surface area contributed by atoms with E-state index in [4.69, 9.17) is 0 Å². The summed E-state index contributed by atoms with van der Waals surface area (Å²) in [5.41, 5.74) is 1.42. The van der Waals surface area contributed by atoms with Gasteiger partial charge in [-0.3, -0.25) is 14.4 Å². The molecule has 0 radical (unpaired) electrons. The second-order valence-electron chi connectivity index (χ2n) is 4.50. The number of rotatable bonds is 4. The normalized spacial score (nSPS) is 11.2. The number of aryl methyl sites for hydroxylation is 1. The Kier molecular flexibility index (Phi) is 4.29. The van der Waals surface area contributed by atoms with Crippen LogP contribution in [-0.2, 0) is 10.0 Å². The quantitative estimate of drug-likeness (QED) is 0.933.